The molecule has 3 N–H and O–H groups in total. The Bertz CT molecular complexity index is 1870. The van der Waals surface area contributed by atoms with Crippen molar-refractivity contribution in [2.24, 2.45) is 7.05 Å². The van der Waals surface area contributed by atoms with Crippen LogP contribution in [0.1, 0.15) is 70.4 Å². The number of rotatable bonds is 11. The van der Waals surface area contributed by atoms with Gasteiger partial charge in [0.2, 0.25) is 11.8 Å². The Kier molecular flexibility index (Phi) is 11.0. The maximum absolute atomic E-state index is 13.5. The number of aryl methyl sites for hydroxylation is 1. The first-order valence-corrected chi connectivity index (χ1v) is 17.0. The molecule has 1 aliphatic rings. The average Bonchev–Trinajstić information content (AvgIpc) is 3.41. The highest BCUT2D eigenvalue weighted by molar-refractivity contribution is 5.89. The summed E-state index contributed by atoms with van der Waals surface area (Å²) in [6.07, 6.45) is 2.11. The lowest BCUT2D eigenvalue weighted by molar-refractivity contribution is -0.136. The van der Waals surface area contributed by atoms with Crippen molar-refractivity contribution >= 4 is 28.9 Å². The first-order chi connectivity index (χ1) is 23.7. The fourth-order valence-electron chi connectivity index (χ4n) is 6.13. The normalized spacial score (nSPS) is 15.0. The lowest BCUT2D eigenvalue weighted by Gasteiger charge is -2.38. The molecule has 5 rings (SSSR count). The van der Waals surface area contributed by atoms with E-state index in [1.807, 2.05) is 61.5 Å². The van der Waals surface area contributed by atoms with Crippen molar-refractivity contribution < 1.29 is 24.2 Å². The van der Waals surface area contributed by atoms with E-state index in [4.69, 9.17) is 4.74 Å². The number of carbonyl (C=O) groups is 3. The van der Waals surface area contributed by atoms with Crippen molar-refractivity contribution in [2.45, 2.75) is 83.6 Å². The first-order valence-electron chi connectivity index (χ1n) is 17.0. The van der Waals surface area contributed by atoms with Crippen LogP contribution in [0.5, 0.6) is 0 Å². The van der Waals surface area contributed by atoms with Gasteiger partial charge in [-0.3, -0.25) is 23.6 Å². The zero-order valence-electron chi connectivity index (χ0n) is 29.4. The highest BCUT2D eigenvalue weighted by Crippen LogP contribution is 2.28. The summed E-state index contributed by atoms with van der Waals surface area (Å²) < 4.78 is 8.19. The van der Waals surface area contributed by atoms with E-state index in [1.165, 1.54) is 10.9 Å². The SMILES string of the molecule is C[C@H](CC(=O)N1CCC(O)(Cn2cnc3c(-c4ccc(CNC(=O)CCNC(=O)OC(C)(C)C)cc4)n(C)nc3c2=O)CC1)c1ccccc1. The number of fused-ring (bicyclic) bond motifs is 1. The molecule has 13 nitrogen and oxygen atoms in total. The third kappa shape index (κ3) is 9.14. The van der Waals surface area contributed by atoms with Crippen LogP contribution in [0.4, 0.5) is 4.79 Å². The molecule has 50 heavy (non-hydrogen) atoms. The molecule has 0 aliphatic carbocycles. The second kappa shape index (κ2) is 15.2. The highest BCUT2D eigenvalue weighted by atomic mass is 16.6. The van der Waals surface area contributed by atoms with Gasteiger partial charge in [0.1, 0.15) is 11.1 Å². The Morgan fingerprint density at radius 2 is 1.68 bits per heavy atom. The van der Waals surface area contributed by atoms with E-state index in [2.05, 4.69) is 20.7 Å². The molecule has 4 aromatic rings. The zero-order chi connectivity index (χ0) is 36.1. The second-order valence-corrected chi connectivity index (χ2v) is 14.1. The van der Waals surface area contributed by atoms with E-state index in [0.717, 1.165) is 16.7 Å². The van der Waals surface area contributed by atoms with Crippen LogP contribution < -0.4 is 16.2 Å². The molecule has 3 heterocycles. The predicted octanol–water partition coefficient (Wildman–Crippen LogP) is 3.88. The Labute approximate surface area is 291 Å². The first kappa shape index (κ1) is 36.2. The van der Waals surface area contributed by atoms with Crippen LogP contribution >= 0.6 is 0 Å². The zero-order valence-corrected chi connectivity index (χ0v) is 29.4. The molecule has 1 fully saturated rings. The molecular weight excluding hydrogens is 638 g/mol. The quantitative estimate of drug-likeness (QED) is 0.215. The maximum Gasteiger partial charge on any atom is 0.407 e. The van der Waals surface area contributed by atoms with Crippen molar-refractivity contribution in [1.29, 1.82) is 0 Å². The van der Waals surface area contributed by atoms with Gasteiger partial charge < -0.3 is 25.4 Å². The largest absolute Gasteiger partial charge is 0.444 e. The van der Waals surface area contributed by atoms with Crippen LogP contribution in [0.15, 0.2) is 65.7 Å². The molecule has 0 saturated carbocycles. The summed E-state index contributed by atoms with van der Waals surface area (Å²) in [4.78, 5) is 57.0. The third-order valence-corrected chi connectivity index (χ3v) is 8.91. The summed E-state index contributed by atoms with van der Waals surface area (Å²) >= 11 is 0. The van der Waals surface area contributed by atoms with Crippen molar-refractivity contribution in [3.05, 3.63) is 82.4 Å². The van der Waals surface area contributed by atoms with Gasteiger partial charge in [-0.2, -0.15) is 5.10 Å². The van der Waals surface area contributed by atoms with Gasteiger partial charge in [0.25, 0.3) is 5.56 Å². The molecule has 266 valence electrons. The number of alkyl carbamates (subject to hydrolysis) is 1. The van der Waals surface area contributed by atoms with Crippen LogP contribution in [0, 0.1) is 0 Å². The number of ether oxygens (including phenoxy) is 1. The minimum atomic E-state index is -1.15. The summed E-state index contributed by atoms with van der Waals surface area (Å²) in [5, 5.41) is 21.3. The lowest BCUT2D eigenvalue weighted by atomic mass is 9.90. The predicted molar refractivity (Wildman–Crippen MR) is 189 cm³/mol. The molecule has 13 heteroatoms. The molecule has 2 aromatic heterocycles. The van der Waals surface area contributed by atoms with Crippen LogP contribution in [0.2, 0.25) is 0 Å². The van der Waals surface area contributed by atoms with Gasteiger partial charge in [-0.25, -0.2) is 9.78 Å². The molecule has 3 amide bonds. The Morgan fingerprint density at radius 3 is 2.34 bits per heavy atom. The molecule has 1 saturated heterocycles. The van der Waals surface area contributed by atoms with E-state index < -0.39 is 17.3 Å². The summed E-state index contributed by atoms with van der Waals surface area (Å²) in [5.41, 5.74) is 2.01. The molecule has 0 unspecified atom stereocenters. The van der Waals surface area contributed by atoms with Crippen molar-refractivity contribution in [3.63, 3.8) is 0 Å². The lowest BCUT2D eigenvalue weighted by Crippen LogP contribution is -2.49. The van der Waals surface area contributed by atoms with E-state index >= 15 is 0 Å². The highest BCUT2D eigenvalue weighted by Gasteiger charge is 2.35. The van der Waals surface area contributed by atoms with Gasteiger partial charge in [0, 0.05) is 51.6 Å². The van der Waals surface area contributed by atoms with Crippen LogP contribution in [-0.4, -0.2) is 78.1 Å². The number of nitrogens with one attached hydrogen (secondary N) is 2. The van der Waals surface area contributed by atoms with Crippen LogP contribution in [0.25, 0.3) is 22.3 Å². The molecule has 2 aromatic carbocycles. The number of carbonyl (C=O) groups excluding carboxylic acids is 3. The van der Waals surface area contributed by atoms with Crippen LogP contribution in [0.3, 0.4) is 0 Å². The van der Waals surface area contributed by atoms with Gasteiger partial charge in [-0.1, -0.05) is 61.5 Å². The number of benzene rings is 2. The summed E-state index contributed by atoms with van der Waals surface area (Å²) in [7, 11) is 1.75. The molecule has 0 radical (unpaired) electrons. The number of aromatic nitrogens is 4. The number of likely N-dealkylation sites (tertiary alicyclic amines) is 1. The number of amides is 3. The number of piperidine rings is 1. The fraction of sp³-hybridized carbons (Fsp3) is 0.459. The van der Waals surface area contributed by atoms with Crippen LogP contribution in [-0.2, 0) is 34.5 Å². The summed E-state index contributed by atoms with van der Waals surface area (Å²) in [6.45, 7) is 8.72. The minimum Gasteiger partial charge on any atom is -0.444 e. The van der Waals surface area contributed by atoms with Crippen molar-refractivity contribution in [2.75, 3.05) is 19.6 Å². The molecule has 1 aliphatic heterocycles. The maximum atomic E-state index is 13.5. The van der Waals surface area contributed by atoms with Gasteiger partial charge in [-0.15, -0.1) is 0 Å². The molecule has 1 atom stereocenters. The Hall–Kier alpha value is -5.04. The minimum absolute atomic E-state index is 0.0562. The topological polar surface area (TPSA) is 161 Å². The van der Waals surface area contributed by atoms with Gasteiger partial charge in [-0.05, 0) is 50.7 Å². The standard InChI is InChI=1S/C37H47N7O6/c1-25(27-9-7-6-8-10-27)21-30(46)43-19-16-37(49,17-20-43)23-44-24-40-31-32(34(44)47)41-42(5)33(31)28-13-11-26(12-14-28)22-39-29(45)15-18-38-35(48)50-36(2,3)4/h6-14,24-25,49H,15-23H2,1-5H3,(H,38,48)(H,39,45)/t25-/m1/s1. The number of hydrogen-bond donors (Lipinski definition) is 3. The Morgan fingerprint density at radius 1 is 1.00 bits per heavy atom. The second-order valence-electron chi connectivity index (χ2n) is 14.1. The fourth-order valence-corrected chi connectivity index (χ4v) is 6.13. The van der Waals surface area contributed by atoms with E-state index in [9.17, 15) is 24.3 Å². The van der Waals surface area contributed by atoms with E-state index in [1.54, 1.807) is 37.4 Å². The van der Waals surface area contributed by atoms with Gasteiger partial charge in [0.05, 0.1) is 24.2 Å². The summed E-state index contributed by atoms with van der Waals surface area (Å²) in [5.74, 6) is -0.0464. The van der Waals surface area contributed by atoms with E-state index in [0.29, 0.717) is 50.1 Å². The molecule has 0 bridgehead atoms. The number of nitrogens with zero attached hydrogens (tertiary/aromatic N) is 5. The molecule has 0 spiro atoms. The molecular formula is C37H47N7O6. The third-order valence-electron chi connectivity index (χ3n) is 8.91. The number of hydrogen-bond acceptors (Lipinski definition) is 8. The van der Waals surface area contributed by atoms with E-state index in [-0.39, 0.29) is 48.3 Å². The average molecular weight is 686 g/mol. The van der Waals surface area contributed by atoms with Crippen molar-refractivity contribution in [1.82, 2.24) is 34.9 Å². The monoisotopic (exact) mass is 685 g/mol. The van der Waals surface area contributed by atoms with Gasteiger partial charge in [0.15, 0.2) is 5.52 Å². The summed E-state index contributed by atoms with van der Waals surface area (Å²) in [6, 6.07) is 17.5. The number of aliphatic hydroxyl groups is 1. The Balaban J connectivity index is 1.16. The smallest absolute Gasteiger partial charge is 0.407 e. The van der Waals surface area contributed by atoms with Crippen molar-refractivity contribution in [3.8, 4) is 11.3 Å². The van der Waals surface area contributed by atoms with Gasteiger partial charge >= 0.3 is 6.09 Å².